The molecule has 0 fully saturated rings. The third-order valence-corrected chi connectivity index (χ3v) is 3.32. The van der Waals surface area contributed by atoms with Crippen LogP contribution in [-0.2, 0) is 6.42 Å². The minimum absolute atomic E-state index is 0.0994. The average Bonchev–Trinajstić information content (AvgIpc) is 2.80. The topological polar surface area (TPSA) is 20.3 Å². The number of hydrogen-bond donors (Lipinski definition) is 0. The van der Waals surface area contributed by atoms with Gasteiger partial charge in [-0.1, -0.05) is 23.7 Å². The van der Waals surface area contributed by atoms with E-state index < -0.39 is 0 Å². The number of carbonyl (C=O) groups excluding carboxylic acids is 1. The van der Waals surface area contributed by atoms with Crippen LogP contribution < -0.4 is 10.4 Å². The number of nitrogens with zero attached hydrogens (tertiary/aromatic N) is 1. The van der Waals surface area contributed by atoms with Gasteiger partial charge in [0.1, 0.15) is 13.7 Å². The Kier molecular flexibility index (Phi) is 2.86. The van der Waals surface area contributed by atoms with Gasteiger partial charge in [-0.05, 0) is 36.2 Å². The number of hydrogen-bond acceptors (Lipinski definition) is 1. The van der Waals surface area contributed by atoms with E-state index in [0.717, 1.165) is 11.3 Å². The van der Waals surface area contributed by atoms with E-state index in [2.05, 4.69) is 0 Å². The summed E-state index contributed by atoms with van der Waals surface area (Å²) in [5.74, 6) is -0.366. The number of amides is 1. The molecule has 2 nitrogen and oxygen atoms in total. The van der Waals surface area contributed by atoms with Crippen molar-refractivity contribution in [1.29, 1.82) is 0 Å². The summed E-state index contributed by atoms with van der Waals surface area (Å²) in [5.41, 5.74) is 2.77. The normalized spacial score (nSPS) is 13.4. The summed E-state index contributed by atoms with van der Waals surface area (Å²) in [6.07, 6.45) is 0.682. The number of fused-ring (bicyclic) bond motifs is 1. The van der Waals surface area contributed by atoms with Crippen molar-refractivity contribution >= 4 is 24.9 Å². The highest BCUT2D eigenvalue weighted by molar-refractivity contribution is 6.32. The lowest BCUT2D eigenvalue weighted by Gasteiger charge is -2.17. The smallest absolute Gasteiger partial charge is 0.258 e. The van der Waals surface area contributed by atoms with Crippen molar-refractivity contribution in [3.8, 4) is 0 Å². The summed E-state index contributed by atoms with van der Waals surface area (Å²) >= 11 is 0. The maximum atomic E-state index is 13.1. The summed E-state index contributed by atoms with van der Waals surface area (Å²) in [4.78, 5) is 14.1. The third-order valence-electron chi connectivity index (χ3n) is 3.32. The number of anilines is 1. The van der Waals surface area contributed by atoms with E-state index in [9.17, 15) is 9.18 Å². The lowest BCUT2D eigenvalue weighted by Crippen LogP contribution is -2.29. The Balaban J connectivity index is 1.95. The van der Waals surface area contributed by atoms with Gasteiger partial charge in [0, 0.05) is 17.8 Å². The average molecular weight is 251 g/mol. The fourth-order valence-corrected chi connectivity index (χ4v) is 2.41. The first-order valence-corrected chi connectivity index (χ1v) is 6.11. The predicted octanol–water partition coefficient (Wildman–Crippen LogP) is 1.82. The van der Waals surface area contributed by atoms with Crippen molar-refractivity contribution in [3.63, 3.8) is 0 Å². The van der Waals surface area contributed by atoms with Crippen LogP contribution in [0.5, 0.6) is 0 Å². The minimum atomic E-state index is -0.267. The highest BCUT2D eigenvalue weighted by Crippen LogP contribution is 2.29. The molecule has 1 aliphatic heterocycles. The van der Waals surface area contributed by atoms with Gasteiger partial charge in [0.25, 0.3) is 5.91 Å². The molecule has 0 spiro atoms. The molecule has 0 saturated carbocycles. The van der Waals surface area contributed by atoms with Crippen LogP contribution in [0.4, 0.5) is 10.1 Å². The first-order chi connectivity index (χ1) is 9.15. The van der Waals surface area contributed by atoms with E-state index in [1.807, 2.05) is 0 Å². The predicted molar refractivity (Wildman–Crippen MR) is 73.6 cm³/mol. The standard InChI is InChI=1S/C15H11BFNO/c16-12-3-1-2-11(8-12)15(19)18-7-6-10-9-13(17)4-5-14(10)18/h1-5,8-9H,6-7H2. The molecule has 0 aromatic heterocycles. The second-order valence-corrected chi connectivity index (χ2v) is 4.61. The van der Waals surface area contributed by atoms with Crippen LogP contribution in [-0.4, -0.2) is 20.3 Å². The second kappa shape index (κ2) is 4.54. The molecule has 4 heteroatoms. The van der Waals surface area contributed by atoms with Crippen molar-refractivity contribution in [2.75, 3.05) is 11.4 Å². The zero-order valence-electron chi connectivity index (χ0n) is 10.3. The van der Waals surface area contributed by atoms with Crippen LogP contribution >= 0.6 is 0 Å². The zero-order valence-corrected chi connectivity index (χ0v) is 10.3. The van der Waals surface area contributed by atoms with Crippen LogP contribution in [0.2, 0.25) is 0 Å². The molecule has 92 valence electrons. The van der Waals surface area contributed by atoms with Crippen molar-refractivity contribution in [3.05, 3.63) is 59.4 Å². The van der Waals surface area contributed by atoms with Crippen LogP contribution in [0.3, 0.4) is 0 Å². The molecule has 1 heterocycles. The molecule has 1 amide bonds. The molecule has 0 bridgehead atoms. The lowest BCUT2D eigenvalue weighted by atomic mass is 9.94. The molecular weight excluding hydrogens is 240 g/mol. The van der Waals surface area contributed by atoms with E-state index >= 15 is 0 Å². The number of carbonyl (C=O) groups is 1. The number of halogens is 1. The van der Waals surface area contributed by atoms with Crippen molar-refractivity contribution in [1.82, 2.24) is 0 Å². The first-order valence-electron chi connectivity index (χ1n) is 6.11. The van der Waals surface area contributed by atoms with Crippen LogP contribution in [0, 0.1) is 5.82 Å². The van der Waals surface area contributed by atoms with Gasteiger partial charge in [-0.15, -0.1) is 0 Å². The highest BCUT2D eigenvalue weighted by Gasteiger charge is 2.25. The second-order valence-electron chi connectivity index (χ2n) is 4.61. The lowest BCUT2D eigenvalue weighted by molar-refractivity contribution is 0.0989. The quantitative estimate of drug-likeness (QED) is 0.708. The summed E-state index contributed by atoms with van der Waals surface area (Å²) < 4.78 is 13.1. The molecule has 0 N–H and O–H groups in total. The SMILES string of the molecule is [B]c1cccc(C(=O)N2CCc3cc(F)ccc32)c1. The van der Waals surface area contributed by atoms with Gasteiger partial charge in [0.15, 0.2) is 0 Å². The molecule has 2 radical (unpaired) electrons. The molecule has 0 aliphatic carbocycles. The minimum Gasteiger partial charge on any atom is -0.308 e. The zero-order chi connectivity index (χ0) is 13.4. The Hall–Kier alpha value is -2.10. The molecule has 0 unspecified atom stereocenters. The summed E-state index contributed by atoms with van der Waals surface area (Å²) in [5, 5.41) is 0. The van der Waals surface area contributed by atoms with Gasteiger partial charge in [0.2, 0.25) is 0 Å². The van der Waals surface area contributed by atoms with E-state index in [4.69, 9.17) is 7.85 Å². The van der Waals surface area contributed by atoms with E-state index in [-0.39, 0.29) is 11.7 Å². The number of rotatable bonds is 1. The van der Waals surface area contributed by atoms with Gasteiger partial charge < -0.3 is 4.90 Å². The van der Waals surface area contributed by atoms with Gasteiger partial charge in [0.05, 0.1) is 0 Å². The van der Waals surface area contributed by atoms with Crippen LogP contribution in [0.1, 0.15) is 15.9 Å². The van der Waals surface area contributed by atoms with E-state index in [1.165, 1.54) is 12.1 Å². The van der Waals surface area contributed by atoms with Crippen molar-refractivity contribution in [2.24, 2.45) is 0 Å². The monoisotopic (exact) mass is 251 g/mol. The Labute approximate surface area is 112 Å². The molecule has 0 atom stereocenters. The van der Waals surface area contributed by atoms with E-state index in [0.29, 0.717) is 24.0 Å². The van der Waals surface area contributed by atoms with Gasteiger partial charge in [-0.3, -0.25) is 4.79 Å². The Bertz CT molecular complexity index is 656. The summed E-state index contributed by atoms with van der Waals surface area (Å²) in [7, 11) is 5.69. The highest BCUT2D eigenvalue weighted by atomic mass is 19.1. The van der Waals surface area contributed by atoms with Crippen molar-refractivity contribution in [2.45, 2.75) is 6.42 Å². The maximum Gasteiger partial charge on any atom is 0.258 e. The summed E-state index contributed by atoms with van der Waals surface area (Å²) in [6, 6.07) is 11.4. The number of benzene rings is 2. The van der Waals surface area contributed by atoms with Crippen LogP contribution in [0.15, 0.2) is 42.5 Å². The molecule has 0 saturated heterocycles. The Morgan fingerprint density at radius 2 is 2.05 bits per heavy atom. The Morgan fingerprint density at radius 3 is 2.84 bits per heavy atom. The fourth-order valence-electron chi connectivity index (χ4n) is 2.41. The summed E-state index contributed by atoms with van der Waals surface area (Å²) in [6.45, 7) is 0.576. The van der Waals surface area contributed by atoms with Gasteiger partial charge >= 0.3 is 0 Å². The van der Waals surface area contributed by atoms with Crippen molar-refractivity contribution < 1.29 is 9.18 Å². The Morgan fingerprint density at radius 1 is 1.21 bits per heavy atom. The molecule has 2 aromatic rings. The molecule has 2 aromatic carbocycles. The fraction of sp³-hybridized carbons (Fsp3) is 0.133. The molecule has 3 rings (SSSR count). The van der Waals surface area contributed by atoms with Gasteiger partial charge in [-0.2, -0.15) is 0 Å². The molecule has 19 heavy (non-hydrogen) atoms. The molecule has 1 aliphatic rings. The maximum absolute atomic E-state index is 13.1. The van der Waals surface area contributed by atoms with Gasteiger partial charge in [-0.25, -0.2) is 4.39 Å². The van der Waals surface area contributed by atoms with Crippen LogP contribution in [0.25, 0.3) is 0 Å². The largest absolute Gasteiger partial charge is 0.308 e. The third kappa shape index (κ3) is 2.14. The first kappa shape index (κ1) is 12.0. The van der Waals surface area contributed by atoms with E-state index in [1.54, 1.807) is 35.2 Å². The molecular formula is C15H11BFNO.